The van der Waals surface area contributed by atoms with Crippen molar-refractivity contribution in [1.82, 2.24) is 4.90 Å². The Morgan fingerprint density at radius 2 is 1.83 bits per heavy atom. The summed E-state index contributed by atoms with van der Waals surface area (Å²) in [4.78, 5) is 2.21. The Labute approximate surface area is 113 Å². The van der Waals surface area contributed by atoms with E-state index in [1.54, 1.807) is 0 Å². The largest absolute Gasteiger partial charge is 0.331 e. The highest BCUT2D eigenvalue weighted by Gasteiger charge is 2.23. The zero-order valence-electron chi connectivity index (χ0n) is 12.6. The summed E-state index contributed by atoms with van der Waals surface area (Å²) in [5, 5.41) is 7.95. The third kappa shape index (κ3) is 5.07. The third-order valence-corrected chi connectivity index (χ3v) is 3.28. The number of allylic oxidation sites excluding steroid dienone is 3. The molecule has 0 aromatic rings. The monoisotopic (exact) mass is 250 g/mol. The molecule has 2 heteroatoms. The van der Waals surface area contributed by atoms with Gasteiger partial charge < -0.3 is 4.90 Å². The minimum atomic E-state index is 0.539. The first-order chi connectivity index (χ1) is 8.70. The molecular weight excluding hydrogens is 220 g/mol. The molecule has 0 radical (unpaired) electrons. The zero-order chi connectivity index (χ0) is 14.0. The van der Waals surface area contributed by atoms with Crippen LogP contribution in [-0.2, 0) is 0 Å². The maximum absolute atomic E-state index is 7.95. The lowest BCUT2D eigenvalue weighted by molar-refractivity contribution is 0.277. The third-order valence-electron chi connectivity index (χ3n) is 3.28. The molecule has 0 aromatic carbocycles. The fraction of sp³-hybridized carbons (Fsp3) is 0.688. The van der Waals surface area contributed by atoms with Crippen molar-refractivity contribution in [3.05, 3.63) is 24.4 Å². The number of hydrogen-bond donors (Lipinski definition) is 1. The van der Waals surface area contributed by atoms with Gasteiger partial charge in [-0.25, -0.2) is 0 Å². The lowest BCUT2D eigenvalue weighted by atomic mass is 9.93. The predicted octanol–water partition coefficient (Wildman–Crippen LogP) is 5.12. The Kier molecular flexibility index (Phi) is 9.35. The normalized spacial score (nSPS) is 16.6. The molecule has 1 saturated carbocycles. The summed E-state index contributed by atoms with van der Waals surface area (Å²) < 4.78 is 0. The van der Waals surface area contributed by atoms with Crippen molar-refractivity contribution in [2.24, 2.45) is 0 Å². The Hall–Kier alpha value is -1.05. The highest BCUT2D eigenvalue weighted by Crippen LogP contribution is 2.26. The molecule has 0 aromatic heterocycles. The van der Waals surface area contributed by atoms with Gasteiger partial charge in [-0.2, -0.15) is 0 Å². The molecular formula is C16H30N2. The molecule has 0 unspecified atom stereocenters. The summed E-state index contributed by atoms with van der Waals surface area (Å²) in [6.07, 6.45) is 11.3. The van der Waals surface area contributed by atoms with Gasteiger partial charge in [0.05, 0.1) is 5.84 Å². The first kappa shape index (κ1) is 16.9. The highest BCUT2D eigenvalue weighted by molar-refractivity contribution is 5.78. The van der Waals surface area contributed by atoms with Gasteiger partial charge in [0.2, 0.25) is 0 Å². The average molecular weight is 250 g/mol. The van der Waals surface area contributed by atoms with Gasteiger partial charge in [0.15, 0.2) is 0 Å². The fourth-order valence-corrected chi connectivity index (χ4v) is 2.57. The molecule has 1 N–H and O–H groups in total. The van der Waals surface area contributed by atoms with Gasteiger partial charge in [0.1, 0.15) is 0 Å². The van der Waals surface area contributed by atoms with Crippen LogP contribution in [0.25, 0.3) is 0 Å². The topological polar surface area (TPSA) is 27.1 Å². The number of hydrogen-bond acceptors (Lipinski definition) is 1. The summed E-state index contributed by atoms with van der Waals surface area (Å²) in [6.45, 7) is 11.8. The second kappa shape index (κ2) is 9.93. The zero-order valence-corrected chi connectivity index (χ0v) is 12.6. The Morgan fingerprint density at radius 1 is 1.28 bits per heavy atom. The number of rotatable bonds is 4. The summed E-state index contributed by atoms with van der Waals surface area (Å²) in [5.41, 5.74) is 1.23. The lowest BCUT2D eigenvalue weighted by Gasteiger charge is -2.36. The maximum Gasteiger partial charge on any atom is 0.0970 e. The second-order valence-corrected chi connectivity index (χ2v) is 4.49. The van der Waals surface area contributed by atoms with E-state index in [4.69, 9.17) is 5.41 Å². The molecule has 0 spiro atoms. The molecule has 0 saturated heterocycles. The number of nitrogens with one attached hydrogen (secondary N) is 1. The molecule has 0 heterocycles. The summed E-state index contributed by atoms with van der Waals surface area (Å²) in [5.74, 6) is 0.668. The van der Waals surface area contributed by atoms with Crippen LogP contribution in [0.3, 0.4) is 0 Å². The van der Waals surface area contributed by atoms with Crippen LogP contribution in [0.4, 0.5) is 0 Å². The van der Waals surface area contributed by atoms with Crippen molar-refractivity contribution in [3.8, 4) is 0 Å². The van der Waals surface area contributed by atoms with E-state index in [1.165, 1.54) is 37.8 Å². The molecule has 1 aliphatic rings. The Balaban J connectivity index is 0.00000137. The van der Waals surface area contributed by atoms with Crippen LogP contribution in [-0.4, -0.2) is 16.8 Å². The van der Waals surface area contributed by atoms with Gasteiger partial charge in [-0.15, -0.1) is 0 Å². The van der Waals surface area contributed by atoms with Crippen LogP contribution in [0.1, 0.15) is 66.2 Å². The van der Waals surface area contributed by atoms with Crippen molar-refractivity contribution in [1.29, 1.82) is 5.41 Å². The van der Waals surface area contributed by atoms with Gasteiger partial charge in [-0.1, -0.05) is 52.7 Å². The Morgan fingerprint density at radius 3 is 2.22 bits per heavy atom. The van der Waals surface area contributed by atoms with E-state index in [0.717, 1.165) is 6.42 Å². The SMILES string of the molecule is C=C/C=C(\CC)N(C(C)=N)C1CCCCC1.CC. The molecule has 0 bridgehead atoms. The number of nitrogens with zero attached hydrogens (tertiary/aromatic N) is 1. The van der Waals surface area contributed by atoms with Gasteiger partial charge in [-0.05, 0) is 32.3 Å². The molecule has 1 fully saturated rings. The molecule has 1 rings (SSSR count). The van der Waals surface area contributed by atoms with Crippen LogP contribution in [0.5, 0.6) is 0 Å². The van der Waals surface area contributed by atoms with Crippen molar-refractivity contribution in [2.75, 3.05) is 0 Å². The van der Waals surface area contributed by atoms with E-state index >= 15 is 0 Å². The lowest BCUT2D eigenvalue weighted by Crippen LogP contribution is -2.39. The van der Waals surface area contributed by atoms with Gasteiger partial charge >= 0.3 is 0 Å². The molecule has 0 atom stereocenters. The first-order valence-corrected chi connectivity index (χ1v) is 7.36. The summed E-state index contributed by atoms with van der Waals surface area (Å²) in [7, 11) is 0. The van der Waals surface area contributed by atoms with E-state index in [-0.39, 0.29) is 0 Å². The molecule has 2 nitrogen and oxygen atoms in total. The Bertz CT molecular complexity index is 273. The van der Waals surface area contributed by atoms with Crippen molar-refractivity contribution in [3.63, 3.8) is 0 Å². The summed E-state index contributed by atoms with van der Waals surface area (Å²) in [6, 6.07) is 0.539. The molecule has 1 aliphatic carbocycles. The van der Waals surface area contributed by atoms with Crippen molar-refractivity contribution >= 4 is 5.84 Å². The predicted molar refractivity (Wildman–Crippen MR) is 82.0 cm³/mol. The molecule has 0 amide bonds. The van der Waals surface area contributed by atoms with E-state index in [0.29, 0.717) is 11.9 Å². The van der Waals surface area contributed by atoms with Gasteiger partial charge in [-0.3, -0.25) is 5.41 Å². The van der Waals surface area contributed by atoms with Crippen LogP contribution in [0.2, 0.25) is 0 Å². The highest BCUT2D eigenvalue weighted by atomic mass is 15.2. The van der Waals surface area contributed by atoms with Gasteiger partial charge in [0.25, 0.3) is 0 Å². The fourth-order valence-electron chi connectivity index (χ4n) is 2.57. The minimum absolute atomic E-state index is 0.539. The quantitative estimate of drug-likeness (QED) is 0.418. The average Bonchev–Trinajstić information content (AvgIpc) is 2.41. The van der Waals surface area contributed by atoms with Crippen molar-refractivity contribution < 1.29 is 0 Å². The van der Waals surface area contributed by atoms with Crippen LogP contribution in [0, 0.1) is 5.41 Å². The van der Waals surface area contributed by atoms with Gasteiger partial charge in [0, 0.05) is 11.7 Å². The molecule has 0 aliphatic heterocycles. The summed E-state index contributed by atoms with van der Waals surface area (Å²) >= 11 is 0. The smallest absolute Gasteiger partial charge is 0.0970 e. The maximum atomic E-state index is 7.95. The van der Waals surface area contributed by atoms with E-state index in [1.807, 2.05) is 32.9 Å². The van der Waals surface area contributed by atoms with E-state index in [9.17, 15) is 0 Å². The minimum Gasteiger partial charge on any atom is -0.331 e. The van der Waals surface area contributed by atoms with Crippen LogP contribution >= 0.6 is 0 Å². The molecule has 18 heavy (non-hydrogen) atoms. The first-order valence-electron chi connectivity index (χ1n) is 7.36. The van der Waals surface area contributed by atoms with Crippen LogP contribution < -0.4 is 0 Å². The van der Waals surface area contributed by atoms with E-state index < -0.39 is 0 Å². The number of amidine groups is 1. The standard InChI is InChI=1S/C14H24N2.C2H6/c1-4-9-13(5-2)16(12(3)15)14-10-7-6-8-11-14;1-2/h4,9,14-15H,1,5-8,10-11H2,2-3H3;1-2H3/b13-9+,15-12?;. The second-order valence-electron chi connectivity index (χ2n) is 4.49. The van der Waals surface area contributed by atoms with Crippen LogP contribution in [0.15, 0.2) is 24.4 Å². The van der Waals surface area contributed by atoms with Crippen molar-refractivity contribution in [2.45, 2.75) is 72.3 Å². The molecule has 104 valence electrons. The van der Waals surface area contributed by atoms with E-state index in [2.05, 4.69) is 18.4 Å².